The minimum Gasteiger partial charge on any atom is -0.355 e. The van der Waals surface area contributed by atoms with Crippen molar-refractivity contribution in [1.82, 2.24) is 15.3 Å². The molecule has 1 heterocycles. The molecule has 112 valence electrons. The van der Waals surface area contributed by atoms with E-state index in [4.69, 9.17) is 4.98 Å². The van der Waals surface area contributed by atoms with Crippen LogP contribution in [0.3, 0.4) is 0 Å². The second-order valence-electron chi connectivity index (χ2n) is 6.87. The maximum atomic E-state index is 4.75. The standard InChI is InChI=1S/C16H28N4/c1-16(2,3)18-11-13-10-17-12-15(19-13)20(4)14-8-6-5-7-9-14/h10,12,14,18H,5-9,11H2,1-4H3. The molecule has 0 unspecified atom stereocenters. The van der Waals surface area contributed by atoms with Crippen molar-refractivity contribution in [1.29, 1.82) is 0 Å². The van der Waals surface area contributed by atoms with Crippen molar-refractivity contribution in [2.24, 2.45) is 0 Å². The highest BCUT2D eigenvalue weighted by Crippen LogP contribution is 2.24. The molecule has 20 heavy (non-hydrogen) atoms. The molecule has 1 saturated carbocycles. The molecule has 0 radical (unpaired) electrons. The van der Waals surface area contributed by atoms with Crippen LogP contribution in [0.5, 0.6) is 0 Å². The summed E-state index contributed by atoms with van der Waals surface area (Å²) in [7, 11) is 2.15. The van der Waals surface area contributed by atoms with E-state index in [9.17, 15) is 0 Å². The van der Waals surface area contributed by atoms with Crippen molar-refractivity contribution in [3.05, 3.63) is 18.1 Å². The Hall–Kier alpha value is -1.16. The molecule has 0 bridgehead atoms. The summed E-state index contributed by atoms with van der Waals surface area (Å²) < 4.78 is 0. The number of hydrogen-bond acceptors (Lipinski definition) is 4. The van der Waals surface area contributed by atoms with Gasteiger partial charge in [0.2, 0.25) is 0 Å². The number of rotatable bonds is 4. The van der Waals surface area contributed by atoms with Gasteiger partial charge in [-0.2, -0.15) is 0 Å². The summed E-state index contributed by atoms with van der Waals surface area (Å²) in [6, 6.07) is 0.629. The van der Waals surface area contributed by atoms with Crippen molar-refractivity contribution >= 4 is 5.82 Å². The number of hydrogen-bond donors (Lipinski definition) is 1. The molecule has 0 saturated heterocycles. The lowest BCUT2D eigenvalue weighted by atomic mass is 9.94. The van der Waals surface area contributed by atoms with Gasteiger partial charge in [0, 0.05) is 31.4 Å². The van der Waals surface area contributed by atoms with Crippen LogP contribution in [0.4, 0.5) is 5.82 Å². The van der Waals surface area contributed by atoms with Gasteiger partial charge < -0.3 is 10.2 Å². The lowest BCUT2D eigenvalue weighted by molar-refractivity contribution is 0.417. The van der Waals surface area contributed by atoms with E-state index in [-0.39, 0.29) is 5.54 Å². The van der Waals surface area contributed by atoms with Gasteiger partial charge in [-0.15, -0.1) is 0 Å². The quantitative estimate of drug-likeness (QED) is 0.917. The fourth-order valence-corrected chi connectivity index (χ4v) is 2.66. The van der Waals surface area contributed by atoms with Crippen molar-refractivity contribution < 1.29 is 0 Å². The first kappa shape index (κ1) is 15.2. The van der Waals surface area contributed by atoms with Gasteiger partial charge in [-0.3, -0.25) is 4.98 Å². The van der Waals surface area contributed by atoms with E-state index in [1.807, 2.05) is 12.4 Å². The molecule has 1 fully saturated rings. The highest BCUT2D eigenvalue weighted by atomic mass is 15.2. The van der Waals surface area contributed by atoms with E-state index in [0.29, 0.717) is 6.04 Å². The highest BCUT2D eigenvalue weighted by molar-refractivity contribution is 5.36. The third kappa shape index (κ3) is 4.44. The van der Waals surface area contributed by atoms with Gasteiger partial charge in [0.1, 0.15) is 5.82 Å². The van der Waals surface area contributed by atoms with Gasteiger partial charge >= 0.3 is 0 Å². The lowest BCUT2D eigenvalue weighted by Crippen LogP contribution is -2.36. The van der Waals surface area contributed by atoms with Crippen molar-refractivity contribution in [3.8, 4) is 0 Å². The molecule has 1 N–H and O–H groups in total. The smallest absolute Gasteiger partial charge is 0.147 e. The first-order valence-corrected chi connectivity index (χ1v) is 7.74. The van der Waals surface area contributed by atoms with Gasteiger partial charge in [0.25, 0.3) is 0 Å². The zero-order valence-corrected chi connectivity index (χ0v) is 13.3. The van der Waals surface area contributed by atoms with E-state index in [2.05, 4.69) is 43.0 Å². The molecule has 0 amide bonds. The zero-order valence-electron chi connectivity index (χ0n) is 13.3. The summed E-state index contributed by atoms with van der Waals surface area (Å²) in [5, 5.41) is 3.46. The first-order chi connectivity index (χ1) is 9.46. The summed E-state index contributed by atoms with van der Waals surface area (Å²) >= 11 is 0. The molecule has 4 nitrogen and oxygen atoms in total. The van der Waals surface area contributed by atoms with Crippen LogP contribution < -0.4 is 10.2 Å². The highest BCUT2D eigenvalue weighted by Gasteiger charge is 2.19. The second kappa shape index (κ2) is 6.53. The van der Waals surface area contributed by atoms with E-state index >= 15 is 0 Å². The fraction of sp³-hybridized carbons (Fsp3) is 0.750. The Morgan fingerprint density at radius 2 is 1.90 bits per heavy atom. The van der Waals surface area contributed by atoms with Crippen LogP contribution in [0.25, 0.3) is 0 Å². The van der Waals surface area contributed by atoms with E-state index in [1.165, 1.54) is 32.1 Å². The Morgan fingerprint density at radius 1 is 1.20 bits per heavy atom. The van der Waals surface area contributed by atoms with Crippen LogP contribution in [0.2, 0.25) is 0 Å². The van der Waals surface area contributed by atoms with E-state index in [1.54, 1.807) is 0 Å². The largest absolute Gasteiger partial charge is 0.355 e. The molecule has 1 aliphatic carbocycles. The maximum Gasteiger partial charge on any atom is 0.147 e. The molecular weight excluding hydrogens is 248 g/mol. The van der Waals surface area contributed by atoms with Crippen LogP contribution in [0.15, 0.2) is 12.4 Å². The molecular formula is C16H28N4. The van der Waals surface area contributed by atoms with Crippen molar-refractivity contribution in [2.45, 2.75) is 71.0 Å². The average Bonchev–Trinajstić information content (AvgIpc) is 2.45. The van der Waals surface area contributed by atoms with Crippen LogP contribution >= 0.6 is 0 Å². The molecule has 0 atom stereocenters. The van der Waals surface area contributed by atoms with Gasteiger partial charge in [-0.25, -0.2) is 4.98 Å². The minimum absolute atomic E-state index is 0.104. The summed E-state index contributed by atoms with van der Waals surface area (Å²) in [5.74, 6) is 1.00. The molecule has 1 aliphatic rings. The van der Waals surface area contributed by atoms with Crippen LogP contribution in [0.1, 0.15) is 58.6 Å². The first-order valence-electron chi connectivity index (χ1n) is 7.74. The Morgan fingerprint density at radius 3 is 2.55 bits per heavy atom. The Bertz CT molecular complexity index is 419. The number of nitrogens with zero attached hydrogens (tertiary/aromatic N) is 3. The molecule has 0 aliphatic heterocycles. The Labute approximate surface area is 123 Å². The predicted molar refractivity (Wildman–Crippen MR) is 83.9 cm³/mol. The predicted octanol–water partition coefficient (Wildman–Crippen LogP) is 3.13. The van der Waals surface area contributed by atoms with Gasteiger partial charge in [-0.1, -0.05) is 19.3 Å². The minimum atomic E-state index is 0.104. The molecule has 4 heteroatoms. The molecule has 2 rings (SSSR count). The molecule has 0 spiro atoms. The van der Waals surface area contributed by atoms with Gasteiger partial charge in [0.15, 0.2) is 0 Å². The zero-order chi connectivity index (χ0) is 14.6. The van der Waals surface area contributed by atoms with Crippen LogP contribution in [-0.4, -0.2) is 28.6 Å². The number of anilines is 1. The maximum absolute atomic E-state index is 4.75. The fourth-order valence-electron chi connectivity index (χ4n) is 2.66. The summed E-state index contributed by atoms with van der Waals surface area (Å²) in [5.41, 5.74) is 1.12. The summed E-state index contributed by atoms with van der Waals surface area (Å²) in [6.07, 6.45) is 10.4. The van der Waals surface area contributed by atoms with E-state index < -0.39 is 0 Å². The SMILES string of the molecule is CN(c1cncc(CNC(C)(C)C)n1)C1CCCCC1. The summed E-state index contributed by atoms with van der Waals surface area (Å²) in [6.45, 7) is 7.26. The Balaban J connectivity index is 2.01. The van der Waals surface area contributed by atoms with Crippen molar-refractivity contribution in [3.63, 3.8) is 0 Å². The van der Waals surface area contributed by atoms with E-state index in [0.717, 1.165) is 18.1 Å². The second-order valence-corrected chi connectivity index (χ2v) is 6.87. The van der Waals surface area contributed by atoms with Crippen molar-refractivity contribution in [2.75, 3.05) is 11.9 Å². The normalized spacial score (nSPS) is 17.2. The van der Waals surface area contributed by atoms with Gasteiger partial charge in [0.05, 0.1) is 11.9 Å². The van der Waals surface area contributed by atoms with Crippen LogP contribution in [-0.2, 0) is 6.54 Å². The third-order valence-corrected chi connectivity index (χ3v) is 3.96. The third-order valence-electron chi connectivity index (χ3n) is 3.96. The number of aromatic nitrogens is 2. The number of nitrogens with one attached hydrogen (secondary N) is 1. The Kier molecular flexibility index (Phi) is 4.97. The average molecular weight is 276 g/mol. The monoisotopic (exact) mass is 276 g/mol. The molecule has 0 aromatic carbocycles. The summed E-state index contributed by atoms with van der Waals surface area (Å²) in [4.78, 5) is 11.4. The van der Waals surface area contributed by atoms with Crippen LogP contribution in [0, 0.1) is 0 Å². The topological polar surface area (TPSA) is 41.1 Å². The van der Waals surface area contributed by atoms with Gasteiger partial charge in [-0.05, 0) is 33.6 Å². The molecule has 1 aromatic heterocycles. The lowest BCUT2D eigenvalue weighted by Gasteiger charge is -2.32. The molecule has 1 aromatic rings.